The van der Waals surface area contributed by atoms with Crippen molar-refractivity contribution < 1.29 is 19.4 Å². The van der Waals surface area contributed by atoms with Gasteiger partial charge in [0.2, 0.25) is 0 Å². The van der Waals surface area contributed by atoms with Crippen LogP contribution in [0.15, 0.2) is 84.9 Å². The average molecular weight is 621 g/mol. The Morgan fingerprint density at radius 2 is 1.56 bits per heavy atom. The molecule has 2 aliphatic rings. The van der Waals surface area contributed by atoms with Crippen molar-refractivity contribution >= 4 is 23.1 Å². The van der Waals surface area contributed by atoms with E-state index in [1.807, 2.05) is 60.7 Å². The van der Waals surface area contributed by atoms with E-state index in [0.29, 0.717) is 40.6 Å². The number of hydrogen-bond acceptors (Lipinski definition) is 7. The molecule has 4 aromatic carbocycles. The van der Waals surface area contributed by atoms with Gasteiger partial charge in [-0.3, -0.25) is 14.8 Å². The van der Waals surface area contributed by atoms with Crippen LogP contribution in [0.25, 0.3) is 33.6 Å². The minimum absolute atomic E-state index is 0.0866. The van der Waals surface area contributed by atoms with Gasteiger partial charge in [-0.05, 0) is 60.0 Å². The first kappa shape index (κ1) is 29.0. The van der Waals surface area contributed by atoms with Crippen LogP contribution in [0, 0.1) is 0 Å². The maximum atomic E-state index is 13.7. The molecule has 2 N–H and O–H groups in total. The first-order valence-corrected chi connectivity index (χ1v) is 15.5. The normalized spacial score (nSPS) is 14.4. The van der Waals surface area contributed by atoms with E-state index in [-0.39, 0.29) is 11.5 Å². The molecule has 1 aliphatic heterocycles. The molecule has 0 atom stereocenters. The standard InChI is InChI=1S/C36H33ClN4O4/c1-44-31-21-29-30(22-32(31)45-19-3-14-40-15-17-41(18-16-40)27-5-2-4-26(37)20-27)36(43)33-34(38-39-35(29)33)25-8-6-23(7-9-25)24-10-12-28(42)13-11-24/h2,4-13,20-22,42H,3,14-19H2,1H3,(H,38,39). The molecule has 1 aromatic heterocycles. The Balaban J connectivity index is 0.996. The minimum atomic E-state index is -0.0866. The van der Waals surface area contributed by atoms with Gasteiger partial charge in [0.15, 0.2) is 17.3 Å². The zero-order valence-electron chi connectivity index (χ0n) is 24.9. The maximum Gasteiger partial charge on any atom is 0.198 e. The summed E-state index contributed by atoms with van der Waals surface area (Å²) in [5.41, 5.74) is 7.20. The zero-order chi connectivity index (χ0) is 30.9. The van der Waals surface area contributed by atoms with Gasteiger partial charge in [0, 0.05) is 60.1 Å². The number of fused-ring (bicyclic) bond motifs is 3. The van der Waals surface area contributed by atoms with Crippen molar-refractivity contribution in [3.8, 4) is 50.9 Å². The van der Waals surface area contributed by atoms with Crippen molar-refractivity contribution in [2.45, 2.75) is 6.42 Å². The third-order valence-corrected chi connectivity index (χ3v) is 8.83. The molecule has 0 radical (unpaired) electrons. The van der Waals surface area contributed by atoms with Gasteiger partial charge in [0.25, 0.3) is 0 Å². The number of aromatic hydroxyl groups is 1. The summed E-state index contributed by atoms with van der Waals surface area (Å²) in [6.07, 6.45) is 0.860. The van der Waals surface area contributed by atoms with Gasteiger partial charge in [0.1, 0.15) is 11.4 Å². The largest absolute Gasteiger partial charge is 0.508 e. The first-order chi connectivity index (χ1) is 22.0. The molecule has 2 heterocycles. The van der Waals surface area contributed by atoms with Crippen LogP contribution in [0.3, 0.4) is 0 Å². The summed E-state index contributed by atoms with van der Waals surface area (Å²) in [7, 11) is 1.61. The Morgan fingerprint density at radius 1 is 0.867 bits per heavy atom. The van der Waals surface area contributed by atoms with Crippen LogP contribution in [0.4, 0.5) is 5.69 Å². The number of hydrogen-bond donors (Lipinski definition) is 2. The number of carbonyl (C=O) groups is 1. The smallest absolute Gasteiger partial charge is 0.198 e. The van der Waals surface area contributed by atoms with Crippen LogP contribution in [-0.2, 0) is 0 Å². The van der Waals surface area contributed by atoms with Gasteiger partial charge in [-0.15, -0.1) is 0 Å². The Bertz CT molecular complexity index is 1840. The highest BCUT2D eigenvalue weighted by atomic mass is 35.5. The lowest BCUT2D eigenvalue weighted by atomic mass is 10.00. The summed E-state index contributed by atoms with van der Waals surface area (Å²) in [6, 6.07) is 26.6. The molecule has 0 saturated carbocycles. The number of ether oxygens (including phenoxy) is 2. The molecule has 0 amide bonds. The van der Waals surface area contributed by atoms with Gasteiger partial charge in [-0.2, -0.15) is 5.10 Å². The molecule has 1 saturated heterocycles. The number of rotatable bonds is 9. The van der Waals surface area contributed by atoms with E-state index in [2.05, 4.69) is 26.1 Å². The Kier molecular flexibility index (Phi) is 7.92. The molecule has 1 aliphatic carbocycles. The highest BCUT2D eigenvalue weighted by molar-refractivity contribution is 6.30. The molecule has 9 heteroatoms. The topological polar surface area (TPSA) is 90.9 Å². The number of aromatic nitrogens is 2. The highest BCUT2D eigenvalue weighted by Gasteiger charge is 2.34. The van der Waals surface area contributed by atoms with E-state index in [4.69, 9.17) is 21.1 Å². The zero-order valence-corrected chi connectivity index (χ0v) is 25.7. The van der Waals surface area contributed by atoms with Crippen LogP contribution >= 0.6 is 11.6 Å². The molecular weight excluding hydrogens is 588 g/mol. The van der Waals surface area contributed by atoms with Crippen LogP contribution in [0.1, 0.15) is 22.3 Å². The van der Waals surface area contributed by atoms with E-state index >= 15 is 0 Å². The van der Waals surface area contributed by atoms with Crippen molar-refractivity contribution in [1.82, 2.24) is 15.1 Å². The van der Waals surface area contributed by atoms with E-state index in [1.54, 1.807) is 25.3 Å². The van der Waals surface area contributed by atoms with E-state index in [0.717, 1.165) is 66.4 Å². The van der Waals surface area contributed by atoms with Crippen molar-refractivity contribution in [3.63, 3.8) is 0 Å². The summed E-state index contributed by atoms with van der Waals surface area (Å²) < 4.78 is 11.9. The summed E-state index contributed by atoms with van der Waals surface area (Å²) in [6.45, 7) is 5.33. The molecule has 0 unspecified atom stereocenters. The minimum Gasteiger partial charge on any atom is -0.508 e. The fourth-order valence-corrected chi connectivity index (χ4v) is 6.36. The molecule has 228 valence electrons. The number of anilines is 1. The predicted octanol–water partition coefficient (Wildman–Crippen LogP) is 6.91. The van der Waals surface area contributed by atoms with Gasteiger partial charge in [-0.1, -0.05) is 54.1 Å². The second-order valence-corrected chi connectivity index (χ2v) is 11.8. The molecule has 5 aromatic rings. The van der Waals surface area contributed by atoms with Crippen LogP contribution in [0.2, 0.25) is 5.02 Å². The molecule has 1 fully saturated rings. The number of H-pyrrole nitrogens is 1. The number of benzene rings is 4. The number of nitrogens with zero attached hydrogens (tertiary/aromatic N) is 3. The first-order valence-electron chi connectivity index (χ1n) is 15.1. The Labute approximate surface area is 266 Å². The number of piperazine rings is 1. The Morgan fingerprint density at radius 3 is 2.27 bits per heavy atom. The number of phenolic OH excluding ortho intramolecular Hbond substituents is 1. The van der Waals surface area contributed by atoms with Crippen LogP contribution in [0.5, 0.6) is 17.2 Å². The number of halogens is 1. The van der Waals surface area contributed by atoms with E-state index in [1.165, 1.54) is 5.69 Å². The second kappa shape index (κ2) is 12.3. The van der Waals surface area contributed by atoms with Crippen molar-refractivity contribution in [1.29, 1.82) is 0 Å². The number of nitrogens with one attached hydrogen (secondary N) is 1. The number of methoxy groups -OCH3 is 1. The molecule has 0 spiro atoms. The van der Waals surface area contributed by atoms with Crippen molar-refractivity contribution in [3.05, 3.63) is 101 Å². The van der Waals surface area contributed by atoms with Gasteiger partial charge < -0.3 is 19.5 Å². The summed E-state index contributed by atoms with van der Waals surface area (Å²) in [5, 5.41) is 18.0. The third kappa shape index (κ3) is 5.75. The molecular formula is C36H33ClN4O4. The van der Waals surface area contributed by atoms with E-state index < -0.39 is 0 Å². The molecule has 45 heavy (non-hydrogen) atoms. The average Bonchev–Trinajstić information content (AvgIpc) is 3.62. The fourth-order valence-electron chi connectivity index (χ4n) is 6.18. The summed E-state index contributed by atoms with van der Waals surface area (Å²) in [5.74, 6) is 1.29. The molecule has 7 rings (SSSR count). The summed E-state index contributed by atoms with van der Waals surface area (Å²) >= 11 is 6.18. The third-order valence-electron chi connectivity index (χ3n) is 8.59. The van der Waals surface area contributed by atoms with Crippen LogP contribution < -0.4 is 14.4 Å². The summed E-state index contributed by atoms with van der Waals surface area (Å²) in [4.78, 5) is 18.5. The van der Waals surface area contributed by atoms with Crippen molar-refractivity contribution in [2.24, 2.45) is 0 Å². The second-order valence-electron chi connectivity index (χ2n) is 11.3. The maximum absolute atomic E-state index is 13.7. The molecule has 0 bridgehead atoms. The van der Waals surface area contributed by atoms with Crippen molar-refractivity contribution in [2.75, 3.05) is 51.3 Å². The Hall–Kier alpha value is -4.79. The highest BCUT2D eigenvalue weighted by Crippen LogP contribution is 2.45. The number of carbonyl (C=O) groups excluding carboxylic acids is 1. The lowest BCUT2D eigenvalue weighted by Crippen LogP contribution is -2.46. The predicted molar refractivity (Wildman–Crippen MR) is 177 cm³/mol. The lowest BCUT2D eigenvalue weighted by molar-refractivity contribution is 0.104. The van der Waals surface area contributed by atoms with Gasteiger partial charge in [0.05, 0.1) is 25.0 Å². The lowest BCUT2D eigenvalue weighted by Gasteiger charge is -2.36. The fraction of sp³-hybridized carbons (Fsp3) is 0.222. The monoisotopic (exact) mass is 620 g/mol. The number of phenols is 1. The number of ketones is 1. The van der Waals surface area contributed by atoms with Crippen LogP contribution in [-0.4, -0.2) is 72.4 Å². The van der Waals surface area contributed by atoms with Gasteiger partial charge >= 0.3 is 0 Å². The SMILES string of the molecule is COc1cc2c(cc1OCCCN1CCN(c3cccc(Cl)c3)CC1)C(=O)c1c(-c3ccc(-c4ccc(O)cc4)cc3)n[nH]c1-2. The molecule has 8 nitrogen and oxygen atoms in total. The number of aromatic amines is 1. The van der Waals surface area contributed by atoms with Gasteiger partial charge in [-0.25, -0.2) is 0 Å². The van der Waals surface area contributed by atoms with E-state index in [9.17, 15) is 9.90 Å². The quantitative estimate of drug-likeness (QED) is 0.170.